The van der Waals surface area contributed by atoms with Gasteiger partial charge in [0.2, 0.25) is 11.1 Å². The molecule has 2 rings (SSSR count). The van der Waals surface area contributed by atoms with E-state index in [0.29, 0.717) is 27.9 Å². The van der Waals surface area contributed by atoms with Crippen molar-refractivity contribution in [1.29, 1.82) is 0 Å². The standard InChI is InChI=1S/C19H22O4P/c1-5-13(2)24(21)17-12-7-6-9-14(17)19(20)18-15(22-3)10-8-11-16(18)23-4/h6-13H,5H2,1-4H3/q+1. The fourth-order valence-corrected chi connectivity index (χ4v) is 3.92. The van der Waals surface area contributed by atoms with E-state index in [1.165, 1.54) is 14.2 Å². The highest BCUT2D eigenvalue weighted by Crippen LogP contribution is 2.34. The van der Waals surface area contributed by atoms with Crippen LogP contribution in [-0.4, -0.2) is 25.7 Å². The Hall–Kier alpha value is -2.19. The van der Waals surface area contributed by atoms with Crippen molar-refractivity contribution >= 4 is 18.9 Å². The molecule has 0 fully saturated rings. The molecule has 0 aliphatic carbocycles. The van der Waals surface area contributed by atoms with Crippen molar-refractivity contribution in [2.75, 3.05) is 14.2 Å². The van der Waals surface area contributed by atoms with Crippen LogP contribution >= 0.6 is 7.80 Å². The van der Waals surface area contributed by atoms with Crippen LogP contribution < -0.4 is 14.8 Å². The largest absolute Gasteiger partial charge is 0.496 e. The zero-order valence-electron chi connectivity index (χ0n) is 14.4. The molecule has 2 aromatic rings. The Labute approximate surface area is 143 Å². The Kier molecular flexibility index (Phi) is 6.10. The molecule has 2 atom stereocenters. The van der Waals surface area contributed by atoms with E-state index in [9.17, 15) is 9.36 Å². The van der Waals surface area contributed by atoms with E-state index in [4.69, 9.17) is 9.47 Å². The van der Waals surface area contributed by atoms with E-state index in [-0.39, 0.29) is 11.4 Å². The van der Waals surface area contributed by atoms with Crippen LogP contribution in [0.4, 0.5) is 0 Å². The molecular weight excluding hydrogens is 323 g/mol. The molecule has 2 aromatic carbocycles. The van der Waals surface area contributed by atoms with Crippen LogP contribution in [0.15, 0.2) is 42.5 Å². The average Bonchev–Trinajstić information content (AvgIpc) is 2.65. The predicted molar refractivity (Wildman–Crippen MR) is 96.4 cm³/mol. The van der Waals surface area contributed by atoms with E-state index < -0.39 is 7.80 Å². The van der Waals surface area contributed by atoms with Crippen molar-refractivity contribution in [2.45, 2.75) is 25.9 Å². The highest BCUT2D eigenvalue weighted by molar-refractivity contribution is 7.54. The van der Waals surface area contributed by atoms with E-state index in [2.05, 4.69) is 0 Å². The number of carbonyl (C=O) groups excluding carboxylic acids is 1. The minimum atomic E-state index is -1.66. The smallest absolute Gasteiger partial charge is 0.380 e. The summed E-state index contributed by atoms with van der Waals surface area (Å²) in [6.45, 7) is 3.93. The third-order valence-corrected chi connectivity index (χ3v) is 6.06. The first-order valence-corrected chi connectivity index (χ1v) is 9.19. The summed E-state index contributed by atoms with van der Waals surface area (Å²) in [6, 6.07) is 12.2. The quantitative estimate of drug-likeness (QED) is 0.558. The SMILES string of the molecule is CCC(C)[P+](=O)c1ccccc1C(=O)c1c(OC)cccc1OC. The van der Waals surface area contributed by atoms with Gasteiger partial charge in [-0.2, -0.15) is 0 Å². The fraction of sp³-hybridized carbons (Fsp3) is 0.316. The number of ether oxygens (including phenoxy) is 2. The van der Waals surface area contributed by atoms with Gasteiger partial charge in [-0.3, -0.25) is 4.79 Å². The first-order chi connectivity index (χ1) is 11.5. The minimum Gasteiger partial charge on any atom is -0.496 e. The lowest BCUT2D eigenvalue weighted by Crippen LogP contribution is -2.17. The van der Waals surface area contributed by atoms with Crippen LogP contribution in [-0.2, 0) is 4.57 Å². The molecule has 0 spiro atoms. The van der Waals surface area contributed by atoms with Crippen LogP contribution in [0.3, 0.4) is 0 Å². The van der Waals surface area contributed by atoms with Gasteiger partial charge in [0.25, 0.3) is 0 Å². The zero-order chi connectivity index (χ0) is 17.7. The summed E-state index contributed by atoms with van der Waals surface area (Å²) in [6.07, 6.45) is 0.787. The fourth-order valence-electron chi connectivity index (χ4n) is 2.47. The molecule has 0 radical (unpaired) electrons. The molecule has 24 heavy (non-hydrogen) atoms. The van der Waals surface area contributed by atoms with Crippen molar-refractivity contribution in [3.63, 3.8) is 0 Å². The van der Waals surface area contributed by atoms with E-state index in [0.717, 1.165) is 6.42 Å². The molecular formula is C19H22O4P+. The summed E-state index contributed by atoms with van der Waals surface area (Å²) in [5, 5.41) is 0.583. The van der Waals surface area contributed by atoms with Crippen molar-refractivity contribution in [3.8, 4) is 11.5 Å². The van der Waals surface area contributed by atoms with Crippen LogP contribution in [0.2, 0.25) is 0 Å². The van der Waals surface area contributed by atoms with Gasteiger partial charge in [0.1, 0.15) is 17.1 Å². The molecule has 0 saturated heterocycles. The molecule has 0 aliphatic rings. The molecule has 0 aromatic heterocycles. The monoisotopic (exact) mass is 345 g/mol. The second kappa shape index (κ2) is 8.07. The lowest BCUT2D eigenvalue weighted by atomic mass is 10.0. The van der Waals surface area contributed by atoms with Gasteiger partial charge in [-0.15, -0.1) is 0 Å². The van der Waals surface area contributed by atoms with Gasteiger partial charge in [-0.25, -0.2) is 0 Å². The van der Waals surface area contributed by atoms with Crippen LogP contribution in [0.1, 0.15) is 36.2 Å². The number of hydrogen-bond donors (Lipinski definition) is 0. The van der Waals surface area contributed by atoms with Gasteiger partial charge in [-0.1, -0.05) is 29.7 Å². The Morgan fingerprint density at radius 3 is 2.17 bits per heavy atom. The molecule has 0 saturated carbocycles. The maximum Gasteiger partial charge on any atom is 0.380 e. The first-order valence-electron chi connectivity index (χ1n) is 7.86. The Morgan fingerprint density at radius 2 is 1.62 bits per heavy atom. The van der Waals surface area contributed by atoms with Gasteiger partial charge in [0, 0.05) is 0 Å². The lowest BCUT2D eigenvalue weighted by molar-refractivity contribution is 0.103. The van der Waals surface area contributed by atoms with E-state index >= 15 is 0 Å². The Morgan fingerprint density at radius 1 is 1.04 bits per heavy atom. The summed E-state index contributed by atoms with van der Waals surface area (Å²) < 4.78 is 23.4. The number of rotatable bonds is 7. The molecule has 0 aliphatic heterocycles. The van der Waals surface area contributed by atoms with Crippen molar-refractivity contribution < 1.29 is 18.8 Å². The third kappa shape index (κ3) is 3.49. The molecule has 4 nitrogen and oxygen atoms in total. The van der Waals surface area contributed by atoms with Gasteiger partial charge >= 0.3 is 7.80 Å². The summed E-state index contributed by atoms with van der Waals surface area (Å²) in [5.41, 5.74) is 0.790. The normalized spacial score (nSPS) is 12.4. The summed E-state index contributed by atoms with van der Waals surface area (Å²) in [7, 11) is 1.36. The zero-order valence-corrected chi connectivity index (χ0v) is 15.3. The van der Waals surface area contributed by atoms with Gasteiger partial charge < -0.3 is 9.47 Å². The summed E-state index contributed by atoms with van der Waals surface area (Å²) in [4.78, 5) is 13.2. The molecule has 0 bridgehead atoms. The minimum absolute atomic E-state index is 0.00788. The van der Waals surface area contributed by atoms with Crippen LogP contribution in [0, 0.1) is 0 Å². The molecule has 2 unspecified atom stereocenters. The molecule has 5 heteroatoms. The van der Waals surface area contributed by atoms with E-state index in [1.54, 1.807) is 42.5 Å². The van der Waals surface area contributed by atoms with Gasteiger partial charge in [-0.05, 0) is 37.6 Å². The highest BCUT2D eigenvalue weighted by atomic mass is 31.1. The summed E-state index contributed by atoms with van der Waals surface area (Å²) in [5.74, 6) is 0.632. The second-order valence-corrected chi connectivity index (χ2v) is 7.48. The number of ketones is 1. The second-order valence-electron chi connectivity index (χ2n) is 5.47. The highest BCUT2D eigenvalue weighted by Gasteiger charge is 2.33. The molecule has 0 heterocycles. The average molecular weight is 345 g/mol. The molecule has 126 valence electrons. The number of hydrogen-bond acceptors (Lipinski definition) is 4. The van der Waals surface area contributed by atoms with Crippen molar-refractivity contribution in [2.24, 2.45) is 0 Å². The molecule has 0 amide bonds. The maximum atomic E-state index is 13.2. The number of carbonyl (C=O) groups is 1. The first kappa shape index (κ1) is 18.2. The van der Waals surface area contributed by atoms with Crippen LogP contribution in [0.25, 0.3) is 0 Å². The van der Waals surface area contributed by atoms with Gasteiger partial charge in [0.15, 0.2) is 5.66 Å². The maximum absolute atomic E-state index is 13.2. The lowest BCUT2D eigenvalue weighted by Gasteiger charge is -2.12. The Balaban J connectivity index is 2.59. The Bertz CT molecular complexity index is 733. The molecule has 0 N–H and O–H groups in total. The summed E-state index contributed by atoms with van der Waals surface area (Å²) >= 11 is 0. The topological polar surface area (TPSA) is 52.6 Å². The van der Waals surface area contributed by atoms with Crippen molar-refractivity contribution in [1.82, 2.24) is 0 Å². The van der Waals surface area contributed by atoms with Crippen molar-refractivity contribution in [3.05, 3.63) is 53.6 Å². The van der Waals surface area contributed by atoms with Gasteiger partial charge in [0.05, 0.1) is 19.8 Å². The predicted octanol–water partition coefficient (Wildman–Crippen LogP) is 4.19. The number of benzene rings is 2. The van der Waals surface area contributed by atoms with Crippen LogP contribution in [0.5, 0.6) is 11.5 Å². The van der Waals surface area contributed by atoms with E-state index in [1.807, 2.05) is 13.8 Å². The number of methoxy groups -OCH3 is 2. The third-order valence-electron chi connectivity index (χ3n) is 4.03.